The van der Waals surface area contributed by atoms with Gasteiger partial charge < -0.3 is 10.4 Å². The number of rotatable bonds is 6. The molecule has 1 rings (SSSR count). The molecule has 1 aromatic heterocycles. The van der Waals surface area contributed by atoms with Crippen LogP contribution in [0.15, 0.2) is 12.4 Å². The fourth-order valence-electron chi connectivity index (χ4n) is 1.69. The third-order valence-corrected chi connectivity index (χ3v) is 2.46. The van der Waals surface area contributed by atoms with Crippen LogP contribution in [0, 0.1) is 5.92 Å². The highest BCUT2D eigenvalue weighted by molar-refractivity contribution is 5.84. The Labute approximate surface area is 106 Å². The van der Waals surface area contributed by atoms with Crippen molar-refractivity contribution in [1.82, 2.24) is 15.1 Å². The zero-order valence-corrected chi connectivity index (χ0v) is 10.9. The third-order valence-electron chi connectivity index (χ3n) is 2.46. The maximum Gasteiger partial charge on any atom is 0.326 e. The maximum atomic E-state index is 11.7. The van der Waals surface area contributed by atoms with Gasteiger partial charge in [0, 0.05) is 13.2 Å². The van der Waals surface area contributed by atoms with E-state index in [4.69, 9.17) is 5.11 Å². The summed E-state index contributed by atoms with van der Waals surface area (Å²) in [6.07, 6.45) is 3.90. The molecule has 1 amide bonds. The van der Waals surface area contributed by atoms with Crippen LogP contribution in [0.4, 0.5) is 0 Å². The number of aromatic nitrogens is 2. The van der Waals surface area contributed by atoms with Gasteiger partial charge in [-0.05, 0) is 17.9 Å². The summed E-state index contributed by atoms with van der Waals surface area (Å²) >= 11 is 0. The number of nitrogens with one attached hydrogen (secondary N) is 1. The third kappa shape index (κ3) is 4.57. The SMILES string of the molecule is CC(C)CC(NC(=O)Cc1cnn(C)c1)C(=O)O. The number of aryl methyl sites for hydroxylation is 1. The predicted octanol–water partition coefficient (Wildman–Crippen LogP) is 0.578. The van der Waals surface area contributed by atoms with E-state index in [1.165, 1.54) is 0 Å². The molecular formula is C12H19N3O3. The molecule has 2 N–H and O–H groups in total. The second-order valence-electron chi connectivity index (χ2n) is 4.79. The van der Waals surface area contributed by atoms with Gasteiger partial charge in [-0.1, -0.05) is 13.8 Å². The molecule has 1 unspecified atom stereocenters. The first-order valence-corrected chi connectivity index (χ1v) is 5.88. The predicted molar refractivity (Wildman–Crippen MR) is 65.9 cm³/mol. The van der Waals surface area contributed by atoms with E-state index < -0.39 is 12.0 Å². The highest BCUT2D eigenvalue weighted by Gasteiger charge is 2.21. The number of nitrogens with zero attached hydrogens (tertiary/aromatic N) is 2. The molecule has 0 aliphatic carbocycles. The molecule has 1 atom stereocenters. The van der Waals surface area contributed by atoms with Gasteiger partial charge in [0.1, 0.15) is 6.04 Å². The van der Waals surface area contributed by atoms with Crippen LogP contribution in [0.5, 0.6) is 0 Å². The van der Waals surface area contributed by atoms with Gasteiger partial charge in [0.15, 0.2) is 0 Å². The fraction of sp³-hybridized carbons (Fsp3) is 0.583. The van der Waals surface area contributed by atoms with E-state index in [0.29, 0.717) is 6.42 Å². The van der Waals surface area contributed by atoms with Gasteiger partial charge >= 0.3 is 5.97 Å². The van der Waals surface area contributed by atoms with Crippen LogP contribution >= 0.6 is 0 Å². The smallest absolute Gasteiger partial charge is 0.326 e. The van der Waals surface area contributed by atoms with Gasteiger partial charge in [0.05, 0.1) is 12.6 Å². The molecule has 1 heterocycles. The fourth-order valence-corrected chi connectivity index (χ4v) is 1.69. The lowest BCUT2D eigenvalue weighted by Gasteiger charge is -2.16. The first-order chi connectivity index (χ1) is 8.38. The average molecular weight is 253 g/mol. The van der Waals surface area contributed by atoms with E-state index in [1.54, 1.807) is 24.1 Å². The molecule has 0 saturated heterocycles. The van der Waals surface area contributed by atoms with Crippen LogP contribution < -0.4 is 5.32 Å². The number of hydrogen-bond acceptors (Lipinski definition) is 3. The molecule has 100 valence electrons. The molecule has 6 nitrogen and oxygen atoms in total. The number of amides is 1. The minimum atomic E-state index is -0.997. The van der Waals surface area contributed by atoms with Crippen LogP contribution in [-0.2, 0) is 23.1 Å². The van der Waals surface area contributed by atoms with E-state index in [0.717, 1.165) is 5.56 Å². The molecule has 0 radical (unpaired) electrons. The van der Waals surface area contributed by atoms with Crippen molar-refractivity contribution in [2.75, 3.05) is 0 Å². The summed E-state index contributed by atoms with van der Waals surface area (Å²) in [6, 6.07) is -0.825. The lowest BCUT2D eigenvalue weighted by atomic mass is 10.0. The zero-order valence-electron chi connectivity index (χ0n) is 10.9. The number of carboxylic acids is 1. The molecule has 0 saturated carbocycles. The summed E-state index contributed by atoms with van der Waals surface area (Å²) in [6.45, 7) is 3.84. The number of carboxylic acid groups (broad SMARTS) is 1. The standard InChI is InChI=1S/C12H19N3O3/c1-8(2)4-10(12(17)18)14-11(16)5-9-6-13-15(3)7-9/h6-8,10H,4-5H2,1-3H3,(H,14,16)(H,17,18). The highest BCUT2D eigenvalue weighted by atomic mass is 16.4. The molecular weight excluding hydrogens is 234 g/mol. The topological polar surface area (TPSA) is 84.2 Å². The summed E-state index contributed by atoms with van der Waals surface area (Å²) in [5.41, 5.74) is 0.767. The molecule has 0 bridgehead atoms. The second kappa shape index (κ2) is 6.18. The minimum Gasteiger partial charge on any atom is -0.480 e. The van der Waals surface area contributed by atoms with E-state index in [-0.39, 0.29) is 18.2 Å². The second-order valence-corrected chi connectivity index (χ2v) is 4.79. The Morgan fingerprint density at radius 2 is 2.17 bits per heavy atom. The molecule has 6 heteroatoms. The average Bonchev–Trinajstić information content (AvgIpc) is 2.62. The molecule has 0 aromatic carbocycles. The van der Waals surface area contributed by atoms with Crippen molar-refractivity contribution >= 4 is 11.9 Å². The highest BCUT2D eigenvalue weighted by Crippen LogP contribution is 2.06. The van der Waals surface area contributed by atoms with E-state index in [9.17, 15) is 9.59 Å². The number of aliphatic carboxylic acids is 1. The van der Waals surface area contributed by atoms with Gasteiger partial charge in [-0.15, -0.1) is 0 Å². The van der Waals surface area contributed by atoms with Crippen LogP contribution in [0.1, 0.15) is 25.8 Å². The maximum absolute atomic E-state index is 11.7. The molecule has 0 spiro atoms. The summed E-state index contributed by atoms with van der Waals surface area (Å²) < 4.78 is 1.60. The van der Waals surface area contributed by atoms with Gasteiger partial charge in [0.25, 0.3) is 0 Å². The molecule has 0 aliphatic rings. The van der Waals surface area contributed by atoms with Crippen LogP contribution in [-0.4, -0.2) is 32.8 Å². The molecule has 18 heavy (non-hydrogen) atoms. The molecule has 1 aromatic rings. The molecule has 0 fully saturated rings. The first kappa shape index (κ1) is 14.2. The number of carbonyl (C=O) groups is 2. The summed E-state index contributed by atoms with van der Waals surface area (Å²) in [4.78, 5) is 22.7. The lowest BCUT2D eigenvalue weighted by molar-refractivity contribution is -0.142. The van der Waals surface area contributed by atoms with E-state index in [1.807, 2.05) is 13.8 Å². The Bertz CT molecular complexity index is 426. The Morgan fingerprint density at radius 1 is 1.50 bits per heavy atom. The monoisotopic (exact) mass is 253 g/mol. The Balaban J connectivity index is 2.53. The van der Waals surface area contributed by atoms with Crippen LogP contribution in [0.2, 0.25) is 0 Å². The van der Waals surface area contributed by atoms with Gasteiger partial charge in [0.2, 0.25) is 5.91 Å². The Kier molecular flexibility index (Phi) is 4.88. The largest absolute Gasteiger partial charge is 0.480 e. The van der Waals surface area contributed by atoms with Gasteiger partial charge in [-0.3, -0.25) is 9.48 Å². The quantitative estimate of drug-likeness (QED) is 0.776. The summed E-state index contributed by atoms with van der Waals surface area (Å²) in [5.74, 6) is -1.08. The van der Waals surface area contributed by atoms with Crippen molar-refractivity contribution in [1.29, 1.82) is 0 Å². The summed E-state index contributed by atoms with van der Waals surface area (Å²) in [5, 5.41) is 15.5. The van der Waals surface area contributed by atoms with Crippen molar-refractivity contribution in [3.8, 4) is 0 Å². The van der Waals surface area contributed by atoms with Crippen molar-refractivity contribution in [3.05, 3.63) is 18.0 Å². The van der Waals surface area contributed by atoms with Crippen molar-refractivity contribution < 1.29 is 14.7 Å². The van der Waals surface area contributed by atoms with Crippen LogP contribution in [0.3, 0.4) is 0 Å². The van der Waals surface area contributed by atoms with Crippen LogP contribution in [0.25, 0.3) is 0 Å². The first-order valence-electron chi connectivity index (χ1n) is 5.88. The van der Waals surface area contributed by atoms with Gasteiger partial charge in [-0.2, -0.15) is 5.10 Å². The Hall–Kier alpha value is -1.85. The Morgan fingerprint density at radius 3 is 2.61 bits per heavy atom. The van der Waals surface area contributed by atoms with E-state index >= 15 is 0 Å². The van der Waals surface area contributed by atoms with Crippen molar-refractivity contribution in [2.45, 2.75) is 32.7 Å². The molecule has 0 aliphatic heterocycles. The lowest BCUT2D eigenvalue weighted by Crippen LogP contribution is -2.42. The number of hydrogen-bond donors (Lipinski definition) is 2. The van der Waals surface area contributed by atoms with Gasteiger partial charge in [-0.25, -0.2) is 4.79 Å². The number of carbonyl (C=O) groups excluding carboxylic acids is 1. The minimum absolute atomic E-state index is 0.149. The zero-order chi connectivity index (χ0) is 13.7. The van der Waals surface area contributed by atoms with Crippen molar-refractivity contribution in [2.24, 2.45) is 13.0 Å². The normalized spacial score (nSPS) is 12.4. The van der Waals surface area contributed by atoms with E-state index in [2.05, 4.69) is 10.4 Å². The van der Waals surface area contributed by atoms with Crippen molar-refractivity contribution in [3.63, 3.8) is 0 Å². The summed E-state index contributed by atoms with van der Waals surface area (Å²) in [7, 11) is 1.76.